The fourth-order valence-corrected chi connectivity index (χ4v) is 0.736. The first kappa shape index (κ1) is 9.15. The Morgan fingerprint density at radius 3 is 2.89 bits per heavy atom. The Kier molecular flexibility index (Phi) is 5.06. The number of hydrogen-bond donors (Lipinski definition) is 0. The van der Waals surface area contributed by atoms with Crippen LogP contribution in [0.2, 0.25) is 0 Å². The van der Waals surface area contributed by atoms with Crippen molar-refractivity contribution in [2.75, 3.05) is 6.61 Å². The molecule has 0 aliphatic rings. The van der Waals surface area contributed by atoms with Gasteiger partial charge in [0.15, 0.2) is 0 Å². The minimum atomic E-state index is 0.399. The van der Waals surface area contributed by atoms with E-state index in [2.05, 4.69) is 18.4 Å². The van der Waals surface area contributed by atoms with Crippen LogP contribution in [0.25, 0.3) is 0 Å². The van der Waals surface area contributed by atoms with Gasteiger partial charge in [-0.3, -0.25) is 0 Å². The van der Waals surface area contributed by atoms with Crippen LogP contribution in [0.3, 0.4) is 0 Å². The summed E-state index contributed by atoms with van der Waals surface area (Å²) in [5, 5.41) is 0. The van der Waals surface area contributed by atoms with E-state index in [9.17, 15) is 0 Å². The van der Waals surface area contributed by atoms with Crippen molar-refractivity contribution in [3.05, 3.63) is 12.5 Å². The van der Waals surface area contributed by atoms with Crippen LogP contribution in [0.15, 0.2) is 12.5 Å². The van der Waals surface area contributed by atoms with Crippen molar-refractivity contribution >= 4 is 31.1 Å². The monoisotopic (exact) mass is 183 g/mol. The van der Waals surface area contributed by atoms with Gasteiger partial charge in [0.25, 0.3) is 0 Å². The fourth-order valence-electron chi connectivity index (χ4n) is 0.265. The van der Waals surface area contributed by atoms with Crippen LogP contribution in [0.4, 0.5) is 0 Å². The number of nitrogens with zero attached hydrogens (tertiary/aromatic N) is 1. The van der Waals surface area contributed by atoms with Crippen LogP contribution in [-0.4, -0.2) is 10.8 Å². The van der Waals surface area contributed by atoms with Gasteiger partial charge in [-0.05, 0) is 25.3 Å². The number of rotatable bonds is 4. The molecular formula is C4H7ClNOPS. The van der Waals surface area contributed by atoms with E-state index in [1.807, 2.05) is 6.92 Å². The second-order valence-corrected chi connectivity index (χ2v) is 2.80. The minimum absolute atomic E-state index is 0.399. The average Bonchev–Trinajstić information content (AvgIpc) is 1.87. The molecule has 0 aliphatic carbocycles. The van der Waals surface area contributed by atoms with E-state index in [0.29, 0.717) is 20.0 Å². The third-order valence-corrected chi connectivity index (χ3v) is 2.13. The first-order chi connectivity index (χ1) is 4.22. The summed E-state index contributed by atoms with van der Waals surface area (Å²) in [5.74, 6) is 0.399. The van der Waals surface area contributed by atoms with Gasteiger partial charge in [0.2, 0.25) is 5.88 Å². The highest BCUT2D eigenvalue weighted by Crippen LogP contribution is 2.16. The molecule has 0 bridgehead atoms. The van der Waals surface area contributed by atoms with Gasteiger partial charge in [-0.1, -0.05) is 0 Å². The zero-order valence-corrected chi connectivity index (χ0v) is 7.47. The summed E-state index contributed by atoms with van der Waals surface area (Å²) >= 11 is 10.1. The Balaban J connectivity index is 3.58. The van der Waals surface area contributed by atoms with Crippen molar-refractivity contribution in [3.8, 4) is 0 Å². The van der Waals surface area contributed by atoms with Crippen LogP contribution >= 0.6 is 19.3 Å². The molecular weight excluding hydrogens is 177 g/mol. The lowest BCUT2D eigenvalue weighted by atomic mass is 10.8. The van der Waals surface area contributed by atoms with E-state index in [4.69, 9.17) is 16.5 Å². The maximum atomic E-state index is 5.49. The molecule has 0 unspecified atom stereocenters. The van der Waals surface area contributed by atoms with Gasteiger partial charge < -0.3 is 4.74 Å². The standard InChI is InChI=1S/C4H7ClNOPS/c1-3-7-4(2)6(5)8-9/h2-3H2,1H3. The van der Waals surface area contributed by atoms with Crippen LogP contribution in [0.1, 0.15) is 6.92 Å². The molecule has 0 saturated heterocycles. The molecule has 0 aromatic heterocycles. The topological polar surface area (TPSA) is 12.5 Å². The van der Waals surface area contributed by atoms with E-state index >= 15 is 0 Å². The lowest BCUT2D eigenvalue weighted by Crippen LogP contribution is -2.00. The zero-order valence-electron chi connectivity index (χ0n) is 5.00. The van der Waals surface area contributed by atoms with Gasteiger partial charge in [-0.15, -0.1) is 0 Å². The molecule has 0 spiro atoms. The summed E-state index contributed by atoms with van der Waals surface area (Å²) in [6, 6.07) is 0. The van der Waals surface area contributed by atoms with Gasteiger partial charge in [-0.25, -0.2) is 0 Å². The van der Waals surface area contributed by atoms with Crippen LogP contribution in [0.5, 0.6) is 0 Å². The van der Waals surface area contributed by atoms with Crippen molar-refractivity contribution in [1.82, 2.24) is 4.19 Å². The Morgan fingerprint density at radius 1 is 2.00 bits per heavy atom. The highest BCUT2D eigenvalue weighted by atomic mass is 35.5. The molecule has 0 radical (unpaired) electrons. The Labute approximate surface area is 66.4 Å². The van der Waals surface area contributed by atoms with Crippen molar-refractivity contribution in [2.24, 2.45) is 0 Å². The Hall–Kier alpha value is 0.150. The second-order valence-electron chi connectivity index (χ2n) is 1.17. The molecule has 52 valence electrons. The van der Waals surface area contributed by atoms with E-state index in [1.165, 1.54) is 4.19 Å². The van der Waals surface area contributed by atoms with Crippen LogP contribution < -0.4 is 0 Å². The van der Waals surface area contributed by atoms with E-state index in [-0.39, 0.29) is 0 Å². The zero-order chi connectivity index (χ0) is 7.28. The minimum Gasteiger partial charge on any atom is -0.479 e. The van der Waals surface area contributed by atoms with Gasteiger partial charge >= 0.3 is 0 Å². The largest absolute Gasteiger partial charge is 0.479 e. The highest BCUT2D eigenvalue weighted by molar-refractivity contribution is 7.95. The van der Waals surface area contributed by atoms with Crippen molar-refractivity contribution in [1.29, 1.82) is 0 Å². The van der Waals surface area contributed by atoms with Crippen LogP contribution in [-0.2, 0) is 16.5 Å². The van der Waals surface area contributed by atoms with E-state index < -0.39 is 0 Å². The SMILES string of the molecule is C=C(OCC)N(Cl)P=S. The maximum absolute atomic E-state index is 5.49. The summed E-state index contributed by atoms with van der Waals surface area (Å²) in [5.41, 5.74) is 0. The van der Waals surface area contributed by atoms with E-state index in [0.717, 1.165) is 0 Å². The van der Waals surface area contributed by atoms with Crippen molar-refractivity contribution < 1.29 is 4.74 Å². The number of hydrogen-bond acceptors (Lipinski definition) is 2. The molecule has 0 saturated carbocycles. The Morgan fingerprint density at radius 2 is 2.56 bits per heavy atom. The lowest BCUT2D eigenvalue weighted by Gasteiger charge is -2.09. The highest BCUT2D eigenvalue weighted by Gasteiger charge is 1.99. The third-order valence-electron chi connectivity index (χ3n) is 0.588. The molecule has 0 rings (SSSR count). The van der Waals surface area contributed by atoms with Gasteiger partial charge in [0.05, 0.1) is 6.61 Å². The number of halogens is 1. The summed E-state index contributed by atoms with van der Waals surface area (Å²) in [7, 11) is 0.505. The lowest BCUT2D eigenvalue weighted by molar-refractivity contribution is 0.198. The Bertz CT molecular complexity index is 121. The normalized spacial score (nSPS) is 9.11. The quantitative estimate of drug-likeness (QED) is 0.377. The summed E-state index contributed by atoms with van der Waals surface area (Å²) in [4.78, 5) is 0. The molecule has 5 heteroatoms. The summed E-state index contributed by atoms with van der Waals surface area (Å²) in [6.07, 6.45) is 0. The first-order valence-electron chi connectivity index (χ1n) is 2.33. The molecule has 0 aromatic rings. The molecule has 0 atom stereocenters. The molecule has 0 aliphatic heterocycles. The van der Waals surface area contributed by atoms with Gasteiger partial charge in [0.1, 0.15) is 7.51 Å². The molecule has 0 heterocycles. The summed E-state index contributed by atoms with van der Waals surface area (Å²) in [6.45, 7) is 5.93. The molecule has 9 heavy (non-hydrogen) atoms. The predicted molar refractivity (Wildman–Crippen MR) is 42.7 cm³/mol. The van der Waals surface area contributed by atoms with E-state index in [1.54, 1.807) is 0 Å². The molecule has 0 N–H and O–H groups in total. The maximum Gasteiger partial charge on any atom is 0.205 e. The van der Waals surface area contributed by atoms with Crippen molar-refractivity contribution in [3.63, 3.8) is 0 Å². The molecule has 0 fully saturated rings. The fraction of sp³-hybridized carbons (Fsp3) is 0.500. The second kappa shape index (κ2) is 4.98. The van der Waals surface area contributed by atoms with Crippen LogP contribution in [0, 0.1) is 0 Å². The predicted octanol–water partition coefficient (Wildman–Crippen LogP) is 2.27. The third kappa shape index (κ3) is 3.68. The molecule has 2 nitrogen and oxygen atoms in total. The average molecular weight is 184 g/mol. The first-order valence-corrected chi connectivity index (χ1v) is 4.53. The smallest absolute Gasteiger partial charge is 0.205 e. The van der Waals surface area contributed by atoms with Crippen molar-refractivity contribution in [2.45, 2.75) is 6.92 Å². The van der Waals surface area contributed by atoms with Gasteiger partial charge in [-0.2, -0.15) is 4.19 Å². The number of ether oxygens (including phenoxy) is 1. The summed E-state index contributed by atoms with van der Waals surface area (Å²) < 4.78 is 6.14. The molecule has 0 amide bonds. The van der Waals surface area contributed by atoms with Gasteiger partial charge in [0, 0.05) is 11.8 Å². The molecule has 0 aromatic carbocycles.